The third-order valence-electron chi connectivity index (χ3n) is 2.47. The van der Waals surface area contributed by atoms with Crippen LogP contribution in [0.2, 0.25) is 0 Å². The molecule has 0 fully saturated rings. The Morgan fingerprint density at radius 2 is 1.78 bits per heavy atom. The number of hydrogen-bond acceptors (Lipinski definition) is 2. The van der Waals surface area contributed by atoms with Crippen LogP contribution in [0.3, 0.4) is 0 Å². The zero-order chi connectivity index (χ0) is 14.1. The van der Waals surface area contributed by atoms with Crippen molar-refractivity contribution in [2.24, 2.45) is 11.1 Å². The molecule has 1 atom stereocenters. The lowest BCUT2D eigenvalue weighted by Gasteiger charge is -2.29. The molecule has 2 nitrogen and oxygen atoms in total. The van der Waals surface area contributed by atoms with Gasteiger partial charge >= 0.3 is 6.36 Å². The SMILES string of the molecule is CC(C)(C)[C@@H](N)c1cc(Br)ccc1OC(F)(F)F. The summed E-state index contributed by atoms with van der Waals surface area (Å²) in [6, 6.07) is 3.74. The number of halogens is 4. The van der Waals surface area contributed by atoms with E-state index in [2.05, 4.69) is 20.7 Å². The molecule has 18 heavy (non-hydrogen) atoms. The second-order valence-corrected chi connectivity index (χ2v) is 5.99. The van der Waals surface area contributed by atoms with Gasteiger partial charge in [-0.2, -0.15) is 0 Å². The van der Waals surface area contributed by atoms with Crippen molar-refractivity contribution in [1.29, 1.82) is 0 Å². The van der Waals surface area contributed by atoms with E-state index in [-0.39, 0.29) is 11.2 Å². The molecule has 6 heteroatoms. The van der Waals surface area contributed by atoms with Crippen molar-refractivity contribution < 1.29 is 17.9 Å². The van der Waals surface area contributed by atoms with E-state index in [0.29, 0.717) is 10.0 Å². The van der Waals surface area contributed by atoms with E-state index in [1.165, 1.54) is 12.1 Å². The first-order valence-corrected chi connectivity index (χ1v) is 6.11. The highest BCUT2D eigenvalue weighted by Gasteiger charge is 2.34. The van der Waals surface area contributed by atoms with Crippen molar-refractivity contribution in [2.45, 2.75) is 33.2 Å². The summed E-state index contributed by atoms with van der Waals surface area (Å²) < 4.78 is 41.6. The molecule has 0 spiro atoms. The van der Waals surface area contributed by atoms with Crippen LogP contribution in [0, 0.1) is 5.41 Å². The Hall–Kier alpha value is -0.750. The van der Waals surface area contributed by atoms with Crippen molar-refractivity contribution in [3.63, 3.8) is 0 Å². The lowest BCUT2D eigenvalue weighted by molar-refractivity contribution is -0.275. The van der Waals surface area contributed by atoms with Crippen LogP contribution in [-0.2, 0) is 0 Å². The van der Waals surface area contributed by atoms with Crippen molar-refractivity contribution >= 4 is 15.9 Å². The molecule has 0 aliphatic heterocycles. The highest BCUT2D eigenvalue weighted by Crippen LogP contribution is 2.38. The molecule has 0 heterocycles. The van der Waals surface area contributed by atoms with Gasteiger partial charge in [0.05, 0.1) is 0 Å². The molecule has 1 aromatic rings. The topological polar surface area (TPSA) is 35.2 Å². The summed E-state index contributed by atoms with van der Waals surface area (Å²) in [6.07, 6.45) is -4.72. The number of rotatable bonds is 2. The van der Waals surface area contributed by atoms with E-state index in [0.717, 1.165) is 0 Å². The van der Waals surface area contributed by atoms with Crippen molar-refractivity contribution in [1.82, 2.24) is 0 Å². The maximum absolute atomic E-state index is 12.3. The summed E-state index contributed by atoms with van der Waals surface area (Å²) >= 11 is 3.22. The van der Waals surface area contributed by atoms with Gasteiger partial charge in [-0.3, -0.25) is 0 Å². The maximum Gasteiger partial charge on any atom is 0.573 e. The fourth-order valence-electron chi connectivity index (χ4n) is 1.45. The Kier molecular flexibility index (Phi) is 4.33. The molecule has 1 aromatic carbocycles. The molecule has 0 saturated carbocycles. The lowest BCUT2D eigenvalue weighted by atomic mass is 9.83. The van der Waals surface area contributed by atoms with Crippen molar-refractivity contribution in [3.8, 4) is 5.75 Å². The van der Waals surface area contributed by atoms with Gasteiger partial charge in [0.25, 0.3) is 0 Å². The first kappa shape index (κ1) is 15.3. The van der Waals surface area contributed by atoms with Crippen molar-refractivity contribution in [2.75, 3.05) is 0 Å². The molecule has 0 bridgehead atoms. The predicted octanol–water partition coefficient (Wildman–Crippen LogP) is 4.39. The average Bonchev–Trinajstić information content (AvgIpc) is 2.16. The van der Waals surface area contributed by atoms with Gasteiger partial charge in [0.1, 0.15) is 5.75 Å². The van der Waals surface area contributed by atoms with E-state index in [4.69, 9.17) is 5.73 Å². The maximum atomic E-state index is 12.3. The molecular weight excluding hydrogens is 311 g/mol. The Balaban J connectivity index is 3.20. The number of hydrogen-bond donors (Lipinski definition) is 1. The third-order valence-corrected chi connectivity index (χ3v) is 2.96. The first-order valence-electron chi connectivity index (χ1n) is 5.31. The first-order chi connectivity index (χ1) is 8.00. The number of alkyl halides is 3. The van der Waals surface area contributed by atoms with E-state index in [1.54, 1.807) is 6.07 Å². The van der Waals surface area contributed by atoms with Crippen LogP contribution in [0.15, 0.2) is 22.7 Å². The normalized spacial score (nSPS) is 14.4. The molecule has 1 rings (SSSR count). The van der Waals surface area contributed by atoms with Crippen LogP contribution in [0.4, 0.5) is 13.2 Å². The monoisotopic (exact) mass is 325 g/mol. The summed E-state index contributed by atoms with van der Waals surface area (Å²) in [6.45, 7) is 5.57. The number of benzene rings is 1. The van der Waals surface area contributed by atoms with Crippen LogP contribution in [-0.4, -0.2) is 6.36 Å². The molecule has 2 N–H and O–H groups in total. The fraction of sp³-hybridized carbons (Fsp3) is 0.500. The summed E-state index contributed by atoms with van der Waals surface area (Å²) in [5.41, 5.74) is 5.95. The van der Waals surface area contributed by atoms with Gasteiger partial charge in [-0.1, -0.05) is 36.7 Å². The van der Waals surface area contributed by atoms with Gasteiger partial charge in [0.15, 0.2) is 0 Å². The molecule has 102 valence electrons. The molecule has 0 radical (unpaired) electrons. The molecule has 0 unspecified atom stereocenters. The minimum atomic E-state index is -4.72. The standard InChI is InChI=1S/C12H15BrF3NO/c1-11(2,3)10(17)8-6-7(13)4-5-9(8)18-12(14,15)16/h4-6,10H,17H2,1-3H3/t10-/m0/s1. The van der Waals surface area contributed by atoms with E-state index < -0.39 is 12.4 Å². The minimum absolute atomic E-state index is 0.256. The summed E-state index contributed by atoms with van der Waals surface area (Å²) in [5, 5.41) is 0. The van der Waals surface area contributed by atoms with Crippen LogP contribution in [0.5, 0.6) is 5.75 Å². The Labute approximate surface area is 112 Å². The van der Waals surface area contributed by atoms with Gasteiger partial charge in [0, 0.05) is 16.1 Å². The quantitative estimate of drug-likeness (QED) is 0.875. The lowest BCUT2D eigenvalue weighted by Crippen LogP contribution is -2.28. The van der Waals surface area contributed by atoms with Crippen LogP contribution < -0.4 is 10.5 Å². The van der Waals surface area contributed by atoms with Gasteiger partial charge in [-0.05, 0) is 23.6 Å². The van der Waals surface area contributed by atoms with E-state index in [1.807, 2.05) is 20.8 Å². The van der Waals surface area contributed by atoms with Crippen LogP contribution in [0.25, 0.3) is 0 Å². The summed E-state index contributed by atoms with van der Waals surface area (Å²) in [5.74, 6) is -0.256. The highest BCUT2D eigenvalue weighted by molar-refractivity contribution is 9.10. The third kappa shape index (κ3) is 4.17. The zero-order valence-electron chi connectivity index (χ0n) is 10.3. The molecule has 0 aliphatic carbocycles. The predicted molar refractivity (Wildman–Crippen MR) is 67.2 cm³/mol. The van der Waals surface area contributed by atoms with Gasteiger partial charge in [-0.15, -0.1) is 13.2 Å². The minimum Gasteiger partial charge on any atom is -0.405 e. The fourth-order valence-corrected chi connectivity index (χ4v) is 1.83. The average molecular weight is 326 g/mol. The number of nitrogens with two attached hydrogens (primary N) is 1. The van der Waals surface area contributed by atoms with Gasteiger partial charge in [0.2, 0.25) is 0 Å². The molecular formula is C12H15BrF3NO. The second kappa shape index (κ2) is 5.09. The number of ether oxygens (including phenoxy) is 1. The summed E-state index contributed by atoms with van der Waals surface area (Å²) in [7, 11) is 0. The van der Waals surface area contributed by atoms with Crippen molar-refractivity contribution in [3.05, 3.63) is 28.2 Å². The highest BCUT2D eigenvalue weighted by atomic mass is 79.9. The van der Waals surface area contributed by atoms with Crippen LogP contribution >= 0.6 is 15.9 Å². The molecule has 0 aromatic heterocycles. The Morgan fingerprint density at radius 1 is 1.22 bits per heavy atom. The largest absolute Gasteiger partial charge is 0.573 e. The Morgan fingerprint density at radius 3 is 2.22 bits per heavy atom. The van der Waals surface area contributed by atoms with Crippen LogP contribution in [0.1, 0.15) is 32.4 Å². The second-order valence-electron chi connectivity index (χ2n) is 5.07. The summed E-state index contributed by atoms with van der Waals surface area (Å²) in [4.78, 5) is 0. The smallest absolute Gasteiger partial charge is 0.405 e. The van der Waals surface area contributed by atoms with E-state index in [9.17, 15) is 13.2 Å². The van der Waals surface area contributed by atoms with Gasteiger partial charge in [-0.25, -0.2) is 0 Å². The Bertz CT molecular complexity index is 426. The van der Waals surface area contributed by atoms with E-state index >= 15 is 0 Å². The molecule has 0 saturated heterocycles. The molecule has 0 amide bonds. The zero-order valence-corrected chi connectivity index (χ0v) is 11.9. The molecule has 0 aliphatic rings. The van der Waals surface area contributed by atoms with Gasteiger partial charge < -0.3 is 10.5 Å².